The van der Waals surface area contributed by atoms with Crippen LogP contribution in [0.5, 0.6) is 0 Å². The van der Waals surface area contributed by atoms with E-state index in [-0.39, 0.29) is 30.3 Å². The van der Waals surface area contributed by atoms with Crippen LogP contribution in [0.4, 0.5) is 0 Å². The Hall–Kier alpha value is -1.11. The van der Waals surface area contributed by atoms with E-state index in [9.17, 15) is 9.59 Å². The van der Waals surface area contributed by atoms with E-state index < -0.39 is 0 Å². The third-order valence-corrected chi connectivity index (χ3v) is 4.94. The Morgan fingerprint density at radius 2 is 1.86 bits per heavy atom. The predicted octanol–water partition coefficient (Wildman–Crippen LogP) is 1.60. The molecule has 22 heavy (non-hydrogen) atoms. The summed E-state index contributed by atoms with van der Waals surface area (Å²) in [5.41, 5.74) is 0.758. The molecule has 3 heterocycles. The lowest BCUT2D eigenvalue weighted by Crippen LogP contribution is -2.55. The van der Waals surface area contributed by atoms with Crippen molar-refractivity contribution in [3.05, 3.63) is 22.4 Å². The molecule has 0 bridgehead atoms. The van der Waals surface area contributed by atoms with E-state index in [1.54, 1.807) is 0 Å². The average molecular weight is 344 g/mol. The molecule has 122 valence electrons. The van der Waals surface area contributed by atoms with Gasteiger partial charge in [-0.25, -0.2) is 0 Å². The Labute approximate surface area is 141 Å². The molecule has 2 amide bonds. The van der Waals surface area contributed by atoms with Crippen LogP contribution in [0.3, 0.4) is 0 Å². The minimum Gasteiger partial charge on any atom is -0.338 e. The number of rotatable bonds is 2. The van der Waals surface area contributed by atoms with Gasteiger partial charge < -0.3 is 15.1 Å². The fourth-order valence-electron chi connectivity index (χ4n) is 2.98. The molecule has 7 heteroatoms. The van der Waals surface area contributed by atoms with Crippen LogP contribution >= 0.6 is 23.7 Å². The first-order valence-electron chi connectivity index (χ1n) is 7.59. The van der Waals surface area contributed by atoms with Crippen molar-refractivity contribution in [1.82, 2.24) is 15.1 Å². The van der Waals surface area contributed by atoms with Crippen LogP contribution in [-0.4, -0.2) is 60.4 Å². The molecule has 2 saturated heterocycles. The molecule has 1 aromatic heterocycles. The summed E-state index contributed by atoms with van der Waals surface area (Å²) in [6, 6.07) is 1.84. The summed E-state index contributed by atoms with van der Waals surface area (Å²) in [5.74, 6) is 0.288. The predicted molar refractivity (Wildman–Crippen MR) is 89.7 cm³/mol. The third-order valence-electron chi connectivity index (χ3n) is 4.26. The van der Waals surface area contributed by atoms with Crippen LogP contribution in [-0.2, 0) is 4.79 Å². The molecular formula is C15H22ClN3O2S. The number of hydrogen-bond donors (Lipinski definition) is 1. The fourth-order valence-corrected chi connectivity index (χ4v) is 3.61. The second-order valence-electron chi connectivity index (χ2n) is 5.63. The number of halogens is 1. The van der Waals surface area contributed by atoms with Crippen LogP contribution < -0.4 is 5.32 Å². The molecule has 3 rings (SSSR count). The van der Waals surface area contributed by atoms with Crippen molar-refractivity contribution in [3.8, 4) is 0 Å². The maximum absolute atomic E-state index is 12.4. The molecule has 0 radical (unpaired) electrons. The second-order valence-corrected chi connectivity index (χ2v) is 6.41. The summed E-state index contributed by atoms with van der Waals surface area (Å²) in [5, 5.41) is 7.10. The van der Waals surface area contributed by atoms with Gasteiger partial charge in [-0.05, 0) is 30.8 Å². The molecule has 2 aliphatic heterocycles. The Bertz CT molecular complexity index is 495. The van der Waals surface area contributed by atoms with E-state index >= 15 is 0 Å². The monoisotopic (exact) mass is 343 g/mol. The zero-order valence-electron chi connectivity index (χ0n) is 12.5. The normalized spacial score (nSPS) is 22.1. The van der Waals surface area contributed by atoms with Gasteiger partial charge in [0, 0.05) is 31.6 Å². The van der Waals surface area contributed by atoms with Crippen molar-refractivity contribution in [2.24, 2.45) is 0 Å². The Balaban J connectivity index is 0.00000176. The Morgan fingerprint density at radius 1 is 1.14 bits per heavy atom. The molecule has 0 aromatic carbocycles. The summed E-state index contributed by atoms with van der Waals surface area (Å²) in [6.45, 7) is 3.49. The van der Waals surface area contributed by atoms with E-state index in [4.69, 9.17) is 0 Å². The maximum Gasteiger partial charge on any atom is 0.254 e. The summed E-state index contributed by atoms with van der Waals surface area (Å²) in [6.07, 6.45) is 3.22. The van der Waals surface area contributed by atoms with Gasteiger partial charge in [0.25, 0.3) is 5.91 Å². The molecule has 0 spiro atoms. The Kier molecular flexibility index (Phi) is 6.23. The van der Waals surface area contributed by atoms with Crippen molar-refractivity contribution < 1.29 is 9.59 Å². The number of carbonyl (C=O) groups is 2. The summed E-state index contributed by atoms with van der Waals surface area (Å²) in [4.78, 5) is 28.4. The lowest BCUT2D eigenvalue weighted by molar-refractivity contribution is -0.135. The quantitative estimate of drug-likeness (QED) is 0.887. The lowest BCUT2D eigenvalue weighted by atomic mass is 10.0. The molecule has 0 aliphatic carbocycles. The van der Waals surface area contributed by atoms with Crippen molar-refractivity contribution in [1.29, 1.82) is 0 Å². The standard InChI is InChI=1S/C15H21N3O2S.ClH/c19-14(12-4-10-21-11-12)17-6-8-18(9-7-17)15(20)13-3-1-2-5-16-13;/h4,10-11,13,16H,1-3,5-9H2;1H. The SMILES string of the molecule is Cl.O=C(c1ccsc1)N1CCN(C(=O)C2CCCCN2)CC1. The first kappa shape index (κ1) is 17.2. The van der Waals surface area contributed by atoms with Crippen LogP contribution in [0.25, 0.3) is 0 Å². The third kappa shape index (κ3) is 3.80. The first-order chi connectivity index (χ1) is 10.3. The number of carbonyl (C=O) groups excluding carboxylic acids is 2. The molecule has 1 N–H and O–H groups in total. The Morgan fingerprint density at radius 3 is 2.45 bits per heavy atom. The lowest BCUT2D eigenvalue weighted by Gasteiger charge is -2.37. The summed E-state index contributed by atoms with van der Waals surface area (Å²) < 4.78 is 0. The number of nitrogens with one attached hydrogen (secondary N) is 1. The van der Waals surface area contributed by atoms with Crippen molar-refractivity contribution in [2.45, 2.75) is 25.3 Å². The number of thiophene rings is 1. The number of piperazine rings is 1. The zero-order chi connectivity index (χ0) is 14.7. The molecule has 5 nitrogen and oxygen atoms in total. The van der Waals surface area contributed by atoms with E-state index in [0.29, 0.717) is 26.2 Å². The van der Waals surface area contributed by atoms with E-state index in [2.05, 4.69) is 5.32 Å². The zero-order valence-corrected chi connectivity index (χ0v) is 14.1. The van der Waals surface area contributed by atoms with Gasteiger partial charge in [-0.2, -0.15) is 11.3 Å². The highest BCUT2D eigenvalue weighted by molar-refractivity contribution is 7.08. The minimum absolute atomic E-state index is 0. The van der Waals surface area contributed by atoms with Gasteiger partial charge in [0.2, 0.25) is 5.91 Å². The highest BCUT2D eigenvalue weighted by Crippen LogP contribution is 2.14. The van der Waals surface area contributed by atoms with Gasteiger partial charge in [-0.1, -0.05) is 6.42 Å². The molecular weight excluding hydrogens is 322 g/mol. The second kappa shape index (κ2) is 7.94. The highest BCUT2D eigenvalue weighted by Gasteiger charge is 2.29. The van der Waals surface area contributed by atoms with E-state index in [1.165, 1.54) is 11.3 Å². The van der Waals surface area contributed by atoms with Crippen LogP contribution in [0, 0.1) is 0 Å². The molecule has 1 unspecified atom stereocenters. The van der Waals surface area contributed by atoms with Crippen molar-refractivity contribution in [3.63, 3.8) is 0 Å². The van der Waals surface area contributed by atoms with E-state index in [0.717, 1.165) is 31.4 Å². The van der Waals surface area contributed by atoms with Gasteiger partial charge >= 0.3 is 0 Å². The number of nitrogens with zero attached hydrogens (tertiary/aromatic N) is 2. The molecule has 1 aromatic rings. The minimum atomic E-state index is -0.0159. The first-order valence-corrected chi connectivity index (χ1v) is 8.53. The largest absolute Gasteiger partial charge is 0.338 e. The topological polar surface area (TPSA) is 52.7 Å². The fraction of sp³-hybridized carbons (Fsp3) is 0.600. The van der Waals surface area contributed by atoms with Crippen molar-refractivity contribution in [2.75, 3.05) is 32.7 Å². The number of piperidine rings is 1. The molecule has 2 aliphatic rings. The van der Waals surface area contributed by atoms with Gasteiger partial charge in [-0.3, -0.25) is 9.59 Å². The van der Waals surface area contributed by atoms with Crippen molar-refractivity contribution >= 4 is 35.6 Å². The number of hydrogen-bond acceptors (Lipinski definition) is 4. The van der Waals surface area contributed by atoms with Gasteiger partial charge in [0.05, 0.1) is 11.6 Å². The molecule has 1 atom stereocenters. The molecule has 0 saturated carbocycles. The van der Waals surface area contributed by atoms with Crippen LogP contribution in [0.15, 0.2) is 16.8 Å². The number of amides is 2. The summed E-state index contributed by atoms with van der Waals surface area (Å²) >= 11 is 1.54. The molecule has 2 fully saturated rings. The van der Waals surface area contributed by atoms with Gasteiger partial charge in [-0.15, -0.1) is 12.4 Å². The maximum atomic E-state index is 12.4. The summed E-state index contributed by atoms with van der Waals surface area (Å²) in [7, 11) is 0. The van der Waals surface area contributed by atoms with E-state index in [1.807, 2.05) is 26.6 Å². The smallest absolute Gasteiger partial charge is 0.254 e. The highest BCUT2D eigenvalue weighted by atomic mass is 35.5. The average Bonchev–Trinajstić information content (AvgIpc) is 3.09. The van der Waals surface area contributed by atoms with Crippen LogP contribution in [0.1, 0.15) is 29.6 Å². The van der Waals surface area contributed by atoms with Gasteiger partial charge in [0.1, 0.15) is 0 Å². The van der Waals surface area contributed by atoms with Crippen LogP contribution in [0.2, 0.25) is 0 Å². The van der Waals surface area contributed by atoms with Gasteiger partial charge in [0.15, 0.2) is 0 Å².